The quantitative estimate of drug-likeness (QED) is 0.485. The number of hydrogen-bond acceptors (Lipinski definition) is 6. The third-order valence-electron chi connectivity index (χ3n) is 3.42. The van der Waals surface area contributed by atoms with Crippen molar-refractivity contribution >= 4 is 34.6 Å². The van der Waals surface area contributed by atoms with Crippen molar-refractivity contribution in [2.45, 2.75) is 6.54 Å². The molecule has 0 spiro atoms. The molecule has 1 N–H and O–H groups in total. The van der Waals surface area contributed by atoms with Crippen molar-refractivity contribution in [2.24, 2.45) is 0 Å². The molecule has 9 nitrogen and oxygen atoms in total. The second-order valence-corrected chi connectivity index (χ2v) is 5.74. The number of rotatable bonds is 5. The van der Waals surface area contributed by atoms with Crippen molar-refractivity contribution in [3.8, 4) is 0 Å². The van der Waals surface area contributed by atoms with Gasteiger partial charge in [0.2, 0.25) is 0 Å². The SMILES string of the molecule is CN(Cc1ccccc1)C(=S)NC(=O)c1cc([N+](=O)[O-])cc([N+](=O)[O-])c1. The molecule has 0 aromatic heterocycles. The third kappa shape index (κ3) is 4.80. The smallest absolute Gasteiger partial charge is 0.277 e. The van der Waals surface area contributed by atoms with E-state index in [0.29, 0.717) is 6.54 Å². The van der Waals surface area contributed by atoms with Gasteiger partial charge in [-0.1, -0.05) is 30.3 Å². The van der Waals surface area contributed by atoms with E-state index in [0.717, 1.165) is 23.8 Å². The summed E-state index contributed by atoms with van der Waals surface area (Å²) < 4.78 is 0. The van der Waals surface area contributed by atoms with Crippen LogP contribution in [0.2, 0.25) is 0 Å². The minimum Gasteiger partial charge on any atom is -0.348 e. The molecular weight excluding hydrogens is 360 g/mol. The molecule has 1 amide bonds. The molecule has 2 aromatic rings. The van der Waals surface area contributed by atoms with E-state index in [1.54, 1.807) is 11.9 Å². The zero-order valence-corrected chi connectivity index (χ0v) is 14.4. The molecule has 0 saturated heterocycles. The van der Waals surface area contributed by atoms with Crippen LogP contribution >= 0.6 is 12.2 Å². The maximum Gasteiger partial charge on any atom is 0.277 e. The number of thiocarbonyl (C=S) groups is 1. The van der Waals surface area contributed by atoms with Gasteiger partial charge in [-0.05, 0) is 17.8 Å². The van der Waals surface area contributed by atoms with Crippen LogP contribution in [-0.2, 0) is 6.54 Å². The lowest BCUT2D eigenvalue weighted by atomic mass is 10.1. The fourth-order valence-corrected chi connectivity index (χ4v) is 2.29. The number of nitro benzene ring substituents is 2. The summed E-state index contributed by atoms with van der Waals surface area (Å²) >= 11 is 5.15. The molecule has 0 radical (unpaired) electrons. The molecule has 10 heteroatoms. The lowest BCUT2D eigenvalue weighted by molar-refractivity contribution is -0.394. The van der Waals surface area contributed by atoms with Crippen LogP contribution in [0.25, 0.3) is 0 Å². The van der Waals surface area contributed by atoms with Gasteiger partial charge in [-0.15, -0.1) is 0 Å². The molecule has 0 saturated carbocycles. The first-order valence-corrected chi connectivity index (χ1v) is 7.73. The maximum atomic E-state index is 12.3. The molecule has 0 atom stereocenters. The maximum absolute atomic E-state index is 12.3. The standard InChI is InChI=1S/C16H14N4O5S/c1-18(10-11-5-3-2-4-6-11)16(26)17-15(21)12-7-13(19(22)23)9-14(8-12)20(24)25/h2-9H,10H2,1H3,(H,17,21,26). The van der Waals surface area contributed by atoms with Crippen molar-refractivity contribution in [2.75, 3.05) is 7.05 Å². The number of carbonyl (C=O) groups excluding carboxylic acids is 1. The second-order valence-electron chi connectivity index (χ2n) is 5.35. The van der Waals surface area contributed by atoms with E-state index in [1.165, 1.54) is 0 Å². The Balaban J connectivity index is 2.14. The third-order valence-corrected chi connectivity index (χ3v) is 3.83. The number of carbonyl (C=O) groups is 1. The highest BCUT2D eigenvalue weighted by Gasteiger charge is 2.21. The largest absolute Gasteiger partial charge is 0.348 e. The van der Waals surface area contributed by atoms with Crippen molar-refractivity contribution in [1.29, 1.82) is 0 Å². The molecule has 0 aliphatic carbocycles. The van der Waals surface area contributed by atoms with Crippen LogP contribution in [0, 0.1) is 20.2 Å². The van der Waals surface area contributed by atoms with Crippen LogP contribution in [0.5, 0.6) is 0 Å². The zero-order chi connectivity index (χ0) is 19.3. The Bertz CT molecular complexity index is 840. The lowest BCUT2D eigenvalue weighted by Crippen LogP contribution is -2.40. The van der Waals surface area contributed by atoms with Crippen LogP contribution in [-0.4, -0.2) is 32.8 Å². The fraction of sp³-hybridized carbons (Fsp3) is 0.125. The normalized spacial score (nSPS) is 10.0. The van der Waals surface area contributed by atoms with Gasteiger partial charge in [0.15, 0.2) is 5.11 Å². The van der Waals surface area contributed by atoms with E-state index < -0.39 is 27.1 Å². The number of hydrogen-bond donors (Lipinski definition) is 1. The number of nitro groups is 2. The van der Waals surface area contributed by atoms with Gasteiger partial charge in [0.05, 0.1) is 21.5 Å². The fourth-order valence-electron chi connectivity index (χ4n) is 2.13. The first kappa shape index (κ1) is 18.9. The van der Waals surface area contributed by atoms with E-state index in [-0.39, 0.29) is 10.7 Å². The minimum atomic E-state index is -0.802. The summed E-state index contributed by atoms with van der Waals surface area (Å²) in [7, 11) is 1.67. The summed E-state index contributed by atoms with van der Waals surface area (Å²) in [6, 6.07) is 12.1. The van der Waals surface area contributed by atoms with Gasteiger partial charge >= 0.3 is 0 Å². The lowest BCUT2D eigenvalue weighted by Gasteiger charge is -2.20. The van der Waals surface area contributed by atoms with Crippen molar-refractivity contribution in [3.05, 3.63) is 79.9 Å². The van der Waals surface area contributed by atoms with Crippen LogP contribution in [0.3, 0.4) is 0 Å². The molecule has 2 aromatic carbocycles. The van der Waals surface area contributed by atoms with E-state index in [4.69, 9.17) is 12.2 Å². The molecule has 0 aliphatic rings. The summed E-state index contributed by atoms with van der Waals surface area (Å²) in [5, 5.41) is 24.3. The summed E-state index contributed by atoms with van der Waals surface area (Å²) in [6.07, 6.45) is 0. The summed E-state index contributed by atoms with van der Waals surface area (Å²) in [4.78, 5) is 34.1. The van der Waals surface area contributed by atoms with Crippen LogP contribution < -0.4 is 5.32 Å². The number of nitrogens with zero attached hydrogens (tertiary/aromatic N) is 3. The minimum absolute atomic E-state index is 0.0908. The van der Waals surface area contributed by atoms with E-state index in [9.17, 15) is 25.0 Å². The Morgan fingerprint density at radius 2 is 1.62 bits per heavy atom. The van der Waals surface area contributed by atoms with Crippen LogP contribution in [0.1, 0.15) is 15.9 Å². The van der Waals surface area contributed by atoms with Crippen LogP contribution in [0.4, 0.5) is 11.4 Å². The molecular formula is C16H14N4O5S. The molecule has 26 heavy (non-hydrogen) atoms. The summed E-state index contributed by atoms with van der Waals surface area (Å²) in [5.41, 5.74) is -0.347. The topological polar surface area (TPSA) is 119 Å². The zero-order valence-electron chi connectivity index (χ0n) is 13.6. The van der Waals surface area contributed by atoms with Crippen LogP contribution in [0.15, 0.2) is 48.5 Å². The molecule has 0 aliphatic heterocycles. The predicted molar refractivity (Wildman–Crippen MR) is 97.7 cm³/mol. The van der Waals surface area contributed by atoms with E-state index in [1.807, 2.05) is 30.3 Å². The monoisotopic (exact) mass is 374 g/mol. The van der Waals surface area contributed by atoms with Gasteiger partial charge in [-0.25, -0.2) is 0 Å². The highest BCUT2D eigenvalue weighted by atomic mass is 32.1. The first-order valence-electron chi connectivity index (χ1n) is 7.32. The van der Waals surface area contributed by atoms with Gasteiger partial charge in [-0.3, -0.25) is 30.3 Å². The predicted octanol–water partition coefficient (Wildman–Crippen LogP) is 2.65. The number of nitrogens with one attached hydrogen (secondary N) is 1. The van der Waals surface area contributed by atoms with Crippen molar-refractivity contribution in [3.63, 3.8) is 0 Å². The Labute approximate surface area is 153 Å². The van der Waals surface area contributed by atoms with E-state index in [2.05, 4.69) is 5.32 Å². The number of non-ortho nitro benzene ring substituents is 2. The molecule has 0 bridgehead atoms. The Kier molecular flexibility index (Phi) is 5.91. The highest BCUT2D eigenvalue weighted by molar-refractivity contribution is 7.80. The van der Waals surface area contributed by atoms with E-state index >= 15 is 0 Å². The summed E-state index contributed by atoms with van der Waals surface area (Å²) in [5.74, 6) is -0.762. The number of benzene rings is 2. The van der Waals surface area contributed by atoms with Gasteiger partial charge in [0.1, 0.15) is 0 Å². The van der Waals surface area contributed by atoms with Gasteiger partial charge < -0.3 is 4.90 Å². The highest BCUT2D eigenvalue weighted by Crippen LogP contribution is 2.22. The van der Waals surface area contributed by atoms with Gasteiger partial charge in [-0.2, -0.15) is 0 Å². The first-order chi connectivity index (χ1) is 12.3. The molecule has 0 heterocycles. The molecule has 0 fully saturated rings. The average molecular weight is 374 g/mol. The van der Waals surface area contributed by atoms with Gasteiger partial charge in [0.25, 0.3) is 17.3 Å². The Hall–Kier alpha value is -3.40. The van der Waals surface area contributed by atoms with Crippen molar-refractivity contribution < 1.29 is 14.6 Å². The number of amides is 1. The molecule has 0 unspecified atom stereocenters. The average Bonchev–Trinajstić information content (AvgIpc) is 2.61. The van der Waals surface area contributed by atoms with Crippen molar-refractivity contribution in [1.82, 2.24) is 10.2 Å². The Morgan fingerprint density at radius 1 is 1.08 bits per heavy atom. The Morgan fingerprint density at radius 3 is 2.12 bits per heavy atom. The summed E-state index contributed by atoms with van der Waals surface area (Å²) in [6.45, 7) is 0.440. The molecule has 2 rings (SSSR count). The second kappa shape index (κ2) is 8.12. The van der Waals surface area contributed by atoms with Gasteiger partial charge in [0, 0.05) is 25.7 Å². The molecule has 134 valence electrons.